The molecule has 0 amide bonds. The van der Waals surface area contributed by atoms with E-state index < -0.39 is 0 Å². The fraction of sp³-hybridized carbons (Fsp3) is 0.571. The van der Waals surface area contributed by atoms with Crippen LogP contribution in [0.25, 0.3) is 0 Å². The molecule has 88 valence electrons. The Morgan fingerprint density at radius 3 is 2.56 bits per heavy atom. The Labute approximate surface area is 97.8 Å². The molecule has 0 spiro atoms. The SMILES string of the molecule is Cc1cccc(C)c1C(N)C1CCCOC1. The van der Waals surface area contributed by atoms with Crippen LogP contribution in [0, 0.1) is 19.8 Å². The van der Waals surface area contributed by atoms with E-state index in [0.717, 1.165) is 19.6 Å². The second-order valence-corrected chi connectivity index (χ2v) is 4.81. The van der Waals surface area contributed by atoms with Crippen LogP contribution in [-0.2, 0) is 4.74 Å². The van der Waals surface area contributed by atoms with E-state index in [1.165, 1.54) is 23.1 Å². The zero-order valence-electron chi connectivity index (χ0n) is 10.2. The molecule has 0 bridgehead atoms. The predicted molar refractivity (Wildman–Crippen MR) is 66.4 cm³/mol. The number of hydrogen-bond acceptors (Lipinski definition) is 2. The second kappa shape index (κ2) is 4.98. The molecule has 2 atom stereocenters. The zero-order chi connectivity index (χ0) is 11.5. The van der Waals surface area contributed by atoms with Crippen molar-refractivity contribution in [2.45, 2.75) is 32.7 Å². The van der Waals surface area contributed by atoms with Crippen molar-refractivity contribution in [2.24, 2.45) is 11.7 Å². The summed E-state index contributed by atoms with van der Waals surface area (Å²) in [7, 11) is 0. The lowest BCUT2D eigenvalue weighted by Crippen LogP contribution is -2.30. The van der Waals surface area contributed by atoms with Gasteiger partial charge < -0.3 is 10.5 Å². The molecular formula is C14H21NO. The lowest BCUT2D eigenvalue weighted by Gasteiger charge is -2.29. The lowest BCUT2D eigenvalue weighted by molar-refractivity contribution is 0.0446. The fourth-order valence-corrected chi connectivity index (χ4v) is 2.64. The third-order valence-electron chi connectivity index (χ3n) is 3.58. The molecule has 1 saturated heterocycles. The molecule has 0 aromatic heterocycles. The van der Waals surface area contributed by atoms with Crippen molar-refractivity contribution in [3.05, 3.63) is 34.9 Å². The Morgan fingerprint density at radius 2 is 2.00 bits per heavy atom. The van der Waals surface area contributed by atoms with Gasteiger partial charge in [-0.3, -0.25) is 0 Å². The molecule has 0 radical (unpaired) electrons. The first kappa shape index (κ1) is 11.6. The first-order chi connectivity index (χ1) is 7.70. The maximum Gasteiger partial charge on any atom is 0.0512 e. The van der Waals surface area contributed by atoms with Crippen LogP contribution < -0.4 is 5.73 Å². The van der Waals surface area contributed by atoms with Crippen LogP contribution in [0.2, 0.25) is 0 Å². The average Bonchev–Trinajstić information content (AvgIpc) is 2.30. The smallest absolute Gasteiger partial charge is 0.0512 e. The molecule has 2 unspecified atom stereocenters. The summed E-state index contributed by atoms with van der Waals surface area (Å²) in [6, 6.07) is 6.51. The monoisotopic (exact) mass is 219 g/mol. The van der Waals surface area contributed by atoms with Gasteiger partial charge in [0.05, 0.1) is 6.61 Å². The van der Waals surface area contributed by atoms with E-state index in [-0.39, 0.29) is 6.04 Å². The molecule has 1 aliphatic rings. The van der Waals surface area contributed by atoms with Crippen molar-refractivity contribution in [3.8, 4) is 0 Å². The Morgan fingerprint density at radius 1 is 1.31 bits per heavy atom. The van der Waals surface area contributed by atoms with Gasteiger partial charge in [-0.05, 0) is 43.4 Å². The van der Waals surface area contributed by atoms with E-state index in [9.17, 15) is 0 Å². The third-order valence-corrected chi connectivity index (χ3v) is 3.58. The summed E-state index contributed by atoms with van der Waals surface area (Å²) in [6.07, 6.45) is 2.33. The molecule has 16 heavy (non-hydrogen) atoms. The van der Waals surface area contributed by atoms with Gasteiger partial charge in [0, 0.05) is 18.6 Å². The van der Waals surface area contributed by atoms with E-state index in [1.807, 2.05) is 0 Å². The highest BCUT2D eigenvalue weighted by molar-refractivity contribution is 5.36. The standard InChI is InChI=1S/C14H21NO/c1-10-5-3-6-11(2)13(10)14(15)12-7-4-8-16-9-12/h3,5-6,12,14H,4,7-9,15H2,1-2H3. The quantitative estimate of drug-likeness (QED) is 0.830. The van der Waals surface area contributed by atoms with Crippen molar-refractivity contribution in [1.82, 2.24) is 0 Å². The molecule has 1 fully saturated rings. The van der Waals surface area contributed by atoms with Gasteiger partial charge in [0.15, 0.2) is 0 Å². The largest absolute Gasteiger partial charge is 0.381 e. The van der Waals surface area contributed by atoms with Crippen molar-refractivity contribution < 1.29 is 4.74 Å². The zero-order valence-corrected chi connectivity index (χ0v) is 10.2. The molecule has 0 aliphatic carbocycles. The summed E-state index contributed by atoms with van der Waals surface area (Å²) in [5, 5.41) is 0. The predicted octanol–water partition coefficient (Wildman–Crippen LogP) is 2.73. The summed E-state index contributed by atoms with van der Waals surface area (Å²) in [6.45, 7) is 6.00. The summed E-state index contributed by atoms with van der Waals surface area (Å²) in [4.78, 5) is 0. The van der Waals surface area contributed by atoms with E-state index in [4.69, 9.17) is 10.5 Å². The van der Waals surface area contributed by atoms with Crippen molar-refractivity contribution in [3.63, 3.8) is 0 Å². The first-order valence-electron chi connectivity index (χ1n) is 6.09. The highest BCUT2D eigenvalue weighted by Crippen LogP contribution is 2.30. The van der Waals surface area contributed by atoms with Crippen molar-refractivity contribution in [2.75, 3.05) is 13.2 Å². The van der Waals surface area contributed by atoms with Gasteiger partial charge in [0.2, 0.25) is 0 Å². The normalized spacial score (nSPS) is 23.1. The van der Waals surface area contributed by atoms with E-state index >= 15 is 0 Å². The second-order valence-electron chi connectivity index (χ2n) is 4.81. The van der Waals surface area contributed by atoms with Gasteiger partial charge in [-0.1, -0.05) is 18.2 Å². The highest BCUT2D eigenvalue weighted by Gasteiger charge is 2.24. The van der Waals surface area contributed by atoms with Gasteiger partial charge >= 0.3 is 0 Å². The minimum Gasteiger partial charge on any atom is -0.381 e. The summed E-state index contributed by atoms with van der Waals surface area (Å²) in [5.74, 6) is 0.480. The molecule has 1 aromatic rings. The summed E-state index contributed by atoms with van der Waals surface area (Å²) in [5.41, 5.74) is 10.3. The average molecular weight is 219 g/mol. The molecule has 1 aliphatic heterocycles. The Hall–Kier alpha value is -0.860. The highest BCUT2D eigenvalue weighted by atomic mass is 16.5. The van der Waals surface area contributed by atoms with Gasteiger partial charge in [-0.2, -0.15) is 0 Å². The molecule has 2 heteroatoms. The van der Waals surface area contributed by atoms with Crippen LogP contribution in [-0.4, -0.2) is 13.2 Å². The van der Waals surface area contributed by atoms with Crippen LogP contribution in [0.15, 0.2) is 18.2 Å². The number of nitrogens with two attached hydrogens (primary N) is 1. The Bertz CT molecular complexity index is 336. The third kappa shape index (κ3) is 2.28. The molecule has 0 saturated carbocycles. The van der Waals surface area contributed by atoms with Crippen molar-refractivity contribution >= 4 is 0 Å². The molecular weight excluding hydrogens is 198 g/mol. The topological polar surface area (TPSA) is 35.2 Å². The molecule has 1 aromatic carbocycles. The number of benzene rings is 1. The first-order valence-corrected chi connectivity index (χ1v) is 6.09. The van der Waals surface area contributed by atoms with E-state index in [1.54, 1.807) is 0 Å². The van der Waals surface area contributed by atoms with Gasteiger partial charge in [0.1, 0.15) is 0 Å². The number of rotatable bonds is 2. The van der Waals surface area contributed by atoms with Crippen LogP contribution in [0.5, 0.6) is 0 Å². The van der Waals surface area contributed by atoms with Gasteiger partial charge in [-0.25, -0.2) is 0 Å². The molecule has 2 rings (SSSR count). The number of ether oxygens (including phenoxy) is 1. The van der Waals surface area contributed by atoms with E-state index in [2.05, 4.69) is 32.0 Å². The fourth-order valence-electron chi connectivity index (χ4n) is 2.64. The minimum absolute atomic E-state index is 0.126. The number of hydrogen-bond donors (Lipinski definition) is 1. The van der Waals surface area contributed by atoms with E-state index in [0.29, 0.717) is 5.92 Å². The van der Waals surface area contributed by atoms with Crippen LogP contribution in [0.3, 0.4) is 0 Å². The minimum atomic E-state index is 0.126. The van der Waals surface area contributed by atoms with Crippen LogP contribution in [0.1, 0.15) is 35.6 Å². The summed E-state index contributed by atoms with van der Waals surface area (Å²) >= 11 is 0. The maximum atomic E-state index is 6.39. The van der Waals surface area contributed by atoms with Gasteiger partial charge in [0.25, 0.3) is 0 Å². The Balaban J connectivity index is 2.22. The number of aryl methyl sites for hydroxylation is 2. The Kier molecular flexibility index (Phi) is 3.62. The molecule has 2 N–H and O–H groups in total. The summed E-state index contributed by atoms with van der Waals surface area (Å²) < 4.78 is 5.52. The van der Waals surface area contributed by atoms with Crippen LogP contribution >= 0.6 is 0 Å². The molecule has 2 nitrogen and oxygen atoms in total. The van der Waals surface area contributed by atoms with Crippen molar-refractivity contribution in [1.29, 1.82) is 0 Å². The lowest BCUT2D eigenvalue weighted by atomic mass is 9.85. The van der Waals surface area contributed by atoms with Gasteiger partial charge in [-0.15, -0.1) is 0 Å². The maximum absolute atomic E-state index is 6.39. The molecule has 1 heterocycles. The van der Waals surface area contributed by atoms with Crippen LogP contribution in [0.4, 0.5) is 0 Å².